The van der Waals surface area contributed by atoms with Crippen LogP contribution in [-0.2, 0) is 9.47 Å². The second-order valence-electron chi connectivity index (χ2n) is 8.70. The van der Waals surface area contributed by atoms with Crippen LogP contribution in [0.1, 0.15) is 20.8 Å². The van der Waals surface area contributed by atoms with Gasteiger partial charge in [0.1, 0.15) is 12.4 Å². The molecule has 2 N–H and O–H groups in total. The van der Waals surface area contributed by atoms with E-state index in [1.807, 2.05) is 69.3 Å². The highest BCUT2D eigenvalue weighted by atomic mass is 16.5. The first kappa shape index (κ1) is 25.5. The fraction of sp³-hybridized carbons (Fsp3) is 0.440. The monoisotopic (exact) mass is 470 g/mol. The number of ether oxygens (including phenoxy) is 4. The van der Waals surface area contributed by atoms with Crippen LogP contribution in [-0.4, -0.2) is 72.2 Å². The Morgan fingerprint density at radius 3 is 2.32 bits per heavy atom. The van der Waals surface area contributed by atoms with E-state index in [4.69, 9.17) is 18.9 Å². The van der Waals surface area contributed by atoms with Crippen molar-refractivity contribution in [2.75, 3.05) is 45.9 Å². The van der Waals surface area contributed by atoms with Gasteiger partial charge < -0.3 is 29.4 Å². The predicted molar refractivity (Wildman–Crippen MR) is 131 cm³/mol. The summed E-state index contributed by atoms with van der Waals surface area (Å²) in [6.07, 6.45) is -0.609. The number of methoxy groups -OCH3 is 2. The Balaban J connectivity index is 1.75. The van der Waals surface area contributed by atoms with Gasteiger partial charge in [-0.15, -0.1) is 5.10 Å². The lowest BCUT2D eigenvalue weighted by atomic mass is 10.2. The van der Waals surface area contributed by atoms with Gasteiger partial charge in [0.15, 0.2) is 5.82 Å². The highest BCUT2D eigenvalue weighted by Crippen LogP contribution is 2.26. The number of anilines is 1. The average Bonchev–Trinajstić information content (AvgIpc) is 3.25. The van der Waals surface area contributed by atoms with Crippen molar-refractivity contribution in [1.29, 1.82) is 0 Å². The van der Waals surface area contributed by atoms with Crippen LogP contribution in [0.4, 0.5) is 5.69 Å². The Labute approximate surface area is 200 Å². The lowest BCUT2D eigenvalue weighted by molar-refractivity contribution is -0.0449. The van der Waals surface area contributed by atoms with E-state index in [1.54, 1.807) is 18.9 Å². The minimum absolute atomic E-state index is 0.268. The molecule has 0 saturated heterocycles. The van der Waals surface area contributed by atoms with Crippen LogP contribution in [0.5, 0.6) is 11.8 Å². The molecule has 184 valence electrons. The summed E-state index contributed by atoms with van der Waals surface area (Å²) in [5.41, 5.74) is 2.29. The fourth-order valence-corrected chi connectivity index (χ4v) is 3.04. The molecule has 1 heterocycles. The molecule has 0 aliphatic heterocycles. The molecule has 9 heteroatoms. The number of rotatable bonds is 12. The summed E-state index contributed by atoms with van der Waals surface area (Å²) < 4.78 is 23.3. The van der Waals surface area contributed by atoms with Crippen molar-refractivity contribution < 1.29 is 24.1 Å². The van der Waals surface area contributed by atoms with Gasteiger partial charge in [-0.2, -0.15) is 4.98 Å². The molecule has 0 aliphatic carbocycles. The van der Waals surface area contributed by atoms with Crippen LogP contribution in [0, 0.1) is 0 Å². The van der Waals surface area contributed by atoms with Gasteiger partial charge in [-0.3, -0.25) is 0 Å². The Kier molecular flexibility index (Phi) is 8.86. The van der Waals surface area contributed by atoms with Gasteiger partial charge in [-0.25, -0.2) is 4.68 Å². The summed E-state index contributed by atoms with van der Waals surface area (Å²) >= 11 is 0. The molecule has 0 fully saturated rings. The molecule has 1 atom stereocenters. The minimum Gasteiger partial charge on any atom is -0.497 e. The molecule has 0 radical (unpaired) electrons. The van der Waals surface area contributed by atoms with E-state index in [-0.39, 0.29) is 18.2 Å². The predicted octanol–water partition coefficient (Wildman–Crippen LogP) is 3.56. The number of nitrogens with zero attached hydrogens (tertiary/aromatic N) is 3. The van der Waals surface area contributed by atoms with Gasteiger partial charge >= 0.3 is 6.01 Å². The molecule has 3 rings (SSSR count). The molecule has 1 aromatic heterocycles. The second kappa shape index (κ2) is 11.8. The molecular formula is C25H34N4O5. The van der Waals surface area contributed by atoms with Gasteiger partial charge in [-0.1, -0.05) is 0 Å². The van der Waals surface area contributed by atoms with Crippen molar-refractivity contribution in [3.05, 3.63) is 48.5 Å². The topological polar surface area (TPSA) is 99.9 Å². The molecule has 0 bridgehead atoms. The van der Waals surface area contributed by atoms with Crippen LogP contribution < -0.4 is 14.8 Å². The van der Waals surface area contributed by atoms with Crippen molar-refractivity contribution in [2.45, 2.75) is 32.5 Å². The lowest BCUT2D eigenvalue weighted by Crippen LogP contribution is -2.30. The van der Waals surface area contributed by atoms with Gasteiger partial charge in [0.25, 0.3) is 0 Å². The fourth-order valence-electron chi connectivity index (χ4n) is 3.04. The third kappa shape index (κ3) is 7.44. The Morgan fingerprint density at radius 1 is 1.00 bits per heavy atom. The summed E-state index contributed by atoms with van der Waals surface area (Å²) in [5, 5.41) is 17.9. The number of aliphatic hydroxyl groups is 1. The molecule has 0 amide bonds. The smallest absolute Gasteiger partial charge is 0.336 e. The van der Waals surface area contributed by atoms with E-state index in [1.165, 1.54) is 0 Å². The first-order valence-corrected chi connectivity index (χ1v) is 11.2. The second-order valence-corrected chi connectivity index (χ2v) is 8.70. The molecule has 2 aromatic carbocycles. The van der Waals surface area contributed by atoms with Crippen molar-refractivity contribution in [1.82, 2.24) is 14.8 Å². The standard InChI is InChI=1S/C25H34N4O5/c1-25(2,3)34-17-21(30)16-26-19-8-10-20(11-9-19)29-23(18-6-12-22(32-5)13-7-18)27-24(28-29)33-15-14-31-4/h6-13,21,26,30H,14-17H2,1-5H3. The summed E-state index contributed by atoms with van der Waals surface area (Å²) in [6.45, 7) is 7.34. The molecule has 0 aliphatic rings. The molecule has 3 aromatic rings. The summed E-state index contributed by atoms with van der Waals surface area (Å²) in [7, 11) is 3.25. The first-order valence-electron chi connectivity index (χ1n) is 11.2. The maximum absolute atomic E-state index is 10.2. The number of hydrogen-bond acceptors (Lipinski definition) is 8. The van der Waals surface area contributed by atoms with Gasteiger partial charge in [-0.05, 0) is 69.3 Å². The van der Waals surface area contributed by atoms with Crippen LogP contribution in [0.25, 0.3) is 17.1 Å². The SMILES string of the molecule is COCCOc1nc(-c2ccc(OC)cc2)n(-c2ccc(NCC(O)COC(C)(C)C)cc2)n1. The zero-order chi connectivity index (χ0) is 24.6. The van der Waals surface area contributed by atoms with Crippen molar-refractivity contribution in [2.24, 2.45) is 0 Å². The highest BCUT2D eigenvalue weighted by Gasteiger charge is 2.16. The molecule has 34 heavy (non-hydrogen) atoms. The summed E-state index contributed by atoms with van der Waals surface area (Å²) in [5.74, 6) is 1.41. The van der Waals surface area contributed by atoms with Crippen LogP contribution in [0.15, 0.2) is 48.5 Å². The van der Waals surface area contributed by atoms with E-state index in [9.17, 15) is 5.11 Å². The minimum atomic E-state index is -0.609. The van der Waals surface area contributed by atoms with E-state index >= 15 is 0 Å². The van der Waals surface area contributed by atoms with Crippen molar-refractivity contribution in [3.63, 3.8) is 0 Å². The van der Waals surface area contributed by atoms with Crippen molar-refractivity contribution in [3.8, 4) is 28.8 Å². The van der Waals surface area contributed by atoms with Crippen LogP contribution >= 0.6 is 0 Å². The average molecular weight is 471 g/mol. The largest absolute Gasteiger partial charge is 0.497 e. The quantitative estimate of drug-likeness (QED) is 0.388. The normalized spacial score (nSPS) is 12.4. The number of aromatic nitrogens is 3. The van der Waals surface area contributed by atoms with Gasteiger partial charge in [0.05, 0.1) is 37.7 Å². The molecule has 9 nitrogen and oxygen atoms in total. The van der Waals surface area contributed by atoms with E-state index < -0.39 is 6.10 Å². The van der Waals surface area contributed by atoms with E-state index in [2.05, 4.69) is 15.4 Å². The zero-order valence-electron chi connectivity index (χ0n) is 20.4. The van der Waals surface area contributed by atoms with Gasteiger partial charge in [0.2, 0.25) is 0 Å². The molecular weight excluding hydrogens is 436 g/mol. The summed E-state index contributed by atoms with van der Waals surface area (Å²) in [6, 6.07) is 15.6. The van der Waals surface area contributed by atoms with Crippen LogP contribution in [0.3, 0.4) is 0 Å². The molecule has 1 unspecified atom stereocenters. The van der Waals surface area contributed by atoms with E-state index in [0.717, 1.165) is 22.7 Å². The first-order chi connectivity index (χ1) is 16.3. The van der Waals surface area contributed by atoms with Gasteiger partial charge in [0, 0.05) is 24.9 Å². The van der Waals surface area contributed by atoms with Crippen molar-refractivity contribution >= 4 is 5.69 Å². The Morgan fingerprint density at radius 2 is 1.71 bits per heavy atom. The highest BCUT2D eigenvalue weighted by molar-refractivity contribution is 5.60. The Bertz CT molecular complexity index is 1010. The lowest BCUT2D eigenvalue weighted by Gasteiger charge is -2.22. The maximum atomic E-state index is 10.2. The Hall–Kier alpha value is -3.14. The number of hydrogen-bond donors (Lipinski definition) is 2. The summed E-state index contributed by atoms with van der Waals surface area (Å²) in [4.78, 5) is 4.58. The number of nitrogens with one attached hydrogen (secondary N) is 1. The number of aliphatic hydroxyl groups excluding tert-OH is 1. The third-order valence-electron chi connectivity index (χ3n) is 4.82. The van der Waals surface area contributed by atoms with E-state index in [0.29, 0.717) is 25.6 Å². The van der Waals surface area contributed by atoms with Crippen LogP contribution in [0.2, 0.25) is 0 Å². The maximum Gasteiger partial charge on any atom is 0.336 e. The number of benzene rings is 2. The third-order valence-corrected chi connectivity index (χ3v) is 4.82. The molecule has 0 spiro atoms. The molecule has 0 saturated carbocycles. The zero-order valence-corrected chi connectivity index (χ0v) is 20.4.